The fourth-order valence-electron chi connectivity index (χ4n) is 1.93. The second kappa shape index (κ2) is 8.21. The number of esters is 1. The lowest BCUT2D eigenvalue weighted by atomic mass is 10.4. The summed E-state index contributed by atoms with van der Waals surface area (Å²) in [7, 11) is 2.93. The Balaban J connectivity index is 1.84. The number of halogens is 1. The minimum absolute atomic E-state index is 0.105. The number of carbonyl (C=O) groups is 1. The van der Waals surface area contributed by atoms with Gasteiger partial charge in [0.15, 0.2) is 0 Å². The summed E-state index contributed by atoms with van der Waals surface area (Å²) in [5, 5.41) is 0.665. The highest BCUT2D eigenvalue weighted by Crippen LogP contribution is 2.21. The number of hydrogen-bond donors (Lipinski definition) is 0. The lowest BCUT2D eigenvalue weighted by Crippen LogP contribution is -2.38. The fourth-order valence-corrected chi connectivity index (χ4v) is 2.89. The Hall–Kier alpha value is -1.99. The van der Waals surface area contributed by atoms with Gasteiger partial charge in [-0.2, -0.15) is 0 Å². The van der Waals surface area contributed by atoms with Crippen LogP contribution in [0.1, 0.15) is 12.1 Å². The molecule has 0 radical (unpaired) electrons. The van der Waals surface area contributed by atoms with Crippen LogP contribution in [0, 0.1) is 0 Å². The third kappa shape index (κ3) is 4.75. The quantitative estimate of drug-likeness (QED) is 0.576. The number of carbonyl (C=O) groups excluding carboxylic acids is 1. The van der Waals surface area contributed by atoms with E-state index < -0.39 is 11.2 Å². The lowest BCUT2D eigenvalue weighted by Gasteiger charge is -2.10. The standard InChI is InChI=1S/C16H17ClN2O4S/c1-18-12(9-14(20)19(2)16(18)22)10-23-15(21)7-8-24-13-5-3-11(17)4-6-13/h3-6,9H,7-8,10H2,1-2H3. The predicted octanol–water partition coefficient (Wildman–Crippen LogP) is 1.96. The van der Waals surface area contributed by atoms with Gasteiger partial charge in [-0.1, -0.05) is 11.6 Å². The maximum Gasteiger partial charge on any atom is 0.330 e. The van der Waals surface area contributed by atoms with Crippen molar-refractivity contribution in [3.63, 3.8) is 0 Å². The molecule has 2 rings (SSSR count). The van der Waals surface area contributed by atoms with E-state index in [1.165, 1.54) is 36.5 Å². The number of rotatable bonds is 6. The molecule has 0 bridgehead atoms. The van der Waals surface area contributed by atoms with Crippen LogP contribution in [0.4, 0.5) is 0 Å². The first-order valence-electron chi connectivity index (χ1n) is 7.18. The zero-order chi connectivity index (χ0) is 17.7. The lowest BCUT2D eigenvalue weighted by molar-refractivity contribution is -0.144. The highest BCUT2D eigenvalue weighted by Gasteiger charge is 2.09. The molecule has 0 spiro atoms. The summed E-state index contributed by atoms with van der Waals surface area (Å²) in [6, 6.07) is 8.64. The van der Waals surface area contributed by atoms with Crippen LogP contribution in [-0.4, -0.2) is 20.9 Å². The van der Waals surface area contributed by atoms with Gasteiger partial charge in [0, 0.05) is 35.8 Å². The van der Waals surface area contributed by atoms with Crippen LogP contribution in [0.3, 0.4) is 0 Å². The summed E-state index contributed by atoms with van der Waals surface area (Å²) in [4.78, 5) is 36.2. The Morgan fingerprint density at radius 2 is 1.83 bits per heavy atom. The van der Waals surface area contributed by atoms with Crippen molar-refractivity contribution >= 4 is 29.3 Å². The molecule has 1 aromatic carbocycles. The molecule has 0 atom stereocenters. The molecule has 0 unspecified atom stereocenters. The van der Waals surface area contributed by atoms with E-state index in [1.54, 1.807) is 12.1 Å². The molecule has 0 amide bonds. The van der Waals surface area contributed by atoms with Gasteiger partial charge in [0.05, 0.1) is 12.1 Å². The van der Waals surface area contributed by atoms with Gasteiger partial charge in [0.1, 0.15) is 6.61 Å². The summed E-state index contributed by atoms with van der Waals surface area (Å²) in [5.41, 5.74) is -0.518. The largest absolute Gasteiger partial charge is 0.459 e. The van der Waals surface area contributed by atoms with Gasteiger partial charge in [-0.3, -0.25) is 18.7 Å². The third-order valence-electron chi connectivity index (χ3n) is 3.39. The minimum Gasteiger partial charge on any atom is -0.459 e. The Morgan fingerprint density at radius 1 is 1.17 bits per heavy atom. The highest BCUT2D eigenvalue weighted by molar-refractivity contribution is 7.99. The van der Waals surface area contributed by atoms with Crippen LogP contribution >= 0.6 is 23.4 Å². The number of hydrogen-bond acceptors (Lipinski definition) is 5. The van der Waals surface area contributed by atoms with Gasteiger partial charge in [-0.25, -0.2) is 4.79 Å². The SMILES string of the molecule is Cn1c(COC(=O)CCSc2ccc(Cl)cc2)cc(=O)n(C)c1=O. The number of ether oxygens (including phenoxy) is 1. The second-order valence-electron chi connectivity index (χ2n) is 5.09. The van der Waals surface area contributed by atoms with E-state index in [1.807, 2.05) is 12.1 Å². The molecule has 6 nitrogen and oxygen atoms in total. The van der Waals surface area contributed by atoms with E-state index >= 15 is 0 Å². The zero-order valence-electron chi connectivity index (χ0n) is 13.3. The summed E-state index contributed by atoms with van der Waals surface area (Å²) < 4.78 is 7.42. The first-order valence-corrected chi connectivity index (χ1v) is 8.55. The molecule has 24 heavy (non-hydrogen) atoms. The van der Waals surface area contributed by atoms with Gasteiger partial charge < -0.3 is 4.74 Å². The van der Waals surface area contributed by atoms with Crippen LogP contribution < -0.4 is 11.2 Å². The van der Waals surface area contributed by atoms with Gasteiger partial charge in [0.2, 0.25) is 0 Å². The maximum absolute atomic E-state index is 11.8. The second-order valence-corrected chi connectivity index (χ2v) is 6.69. The van der Waals surface area contributed by atoms with E-state index in [-0.39, 0.29) is 19.0 Å². The minimum atomic E-state index is -0.452. The van der Waals surface area contributed by atoms with Crippen molar-refractivity contribution < 1.29 is 9.53 Å². The summed E-state index contributed by atoms with van der Waals surface area (Å²) in [5.74, 6) is 0.181. The number of thioether (sulfide) groups is 1. The molecule has 128 valence electrons. The molecular weight excluding hydrogens is 352 g/mol. The average molecular weight is 369 g/mol. The molecule has 1 heterocycles. The van der Waals surface area contributed by atoms with E-state index in [2.05, 4.69) is 0 Å². The first kappa shape index (κ1) is 18.4. The Bertz CT molecular complexity index is 843. The molecule has 8 heteroatoms. The van der Waals surface area contributed by atoms with Gasteiger partial charge in [0.25, 0.3) is 5.56 Å². The molecule has 0 saturated carbocycles. The van der Waals surface area contributed by atoms with Gasteiger partial charge in [-0.15, -0.1) is 11.8 Å². The van der Waals surface area contributed by atoms with Gasteiger partial charge >= 0.3 is 11.7 Å². The molecule has 2 aromatic rings. The van der Waals surface area contributed by atoms with E-state index in [0.717, 1.165) is 9.46 Å². The van der Waals surface area contributed by atoms with Crippen molar-refractivity contribution in [2.24, 2.45) is 14.1 Å². The van der Waals surface area contributed by atoms with Crippen molar-refractivity contribution in [1.82, 2.24) is 9.13 Å². The summed E-state index contributed by atoms with van der Waals surface area (Å²) >= 11 is 7.33. The first-order chi connectivity index (χ1) is 11.4. The maximum atomic E-state index is 11.8. The smallest absolute Gasteiger partial charge is 0.330 e. The van der Waals surface area contributed by atoms with Crippen LogP contribution in [0.25, 0.3) is 0 Å². The van der Waals surface area contributed by atoms with E-state index in [0.29, 0.717) is 16.5 Å². The van der Waals surface area contributed by atoms with Crippen molar-refractivity contribution in [2.75, 3.05) is 5.75 Å². The molecule has 0 saturated heterocycles. The van der Waals surface area contributed by atoms with Crippen molar-refractivity contribution in [2.45, 2.75) is 17.9 Å². The molecule has 0 aliphatic carbocycles. The molecule has 0 aliphatic rings. The highest BCUT2D eigenvalue weighted by atomic mass is 35.5. The Labute approximate surface area is 148 Å². The van der Waals surface area contributed by atoms with Crippen LogP contribution in [0.2, 0.25) is 5.02 Å². The van der Waals surface area contributed by atoms with Crippen LogP contribution in [0.15, 0.2) is 44.8 Å². The molecular formula is C16H17ClN2O4S. The Morgan fingerprint density at radius 3 is 2.50 bits per heavy atom. The van der Waals surface area contributed by atoms with Crippen molar-refractivity contribution in [3.05, 3.63) is 61.9 Å². The number of aromatic nitrogens is 2. The normalized spacial score (nSPS) is 10.6. The molecule has 1 aromatic heterocycles. The zero-order valence-corrected chi connectivity index (χ0v) is 14.9. The van der Waals surface area contributed by atoms with Crippen LogP contribution in [0.5, 0.6) is 0 Å². The third-order valence-corrected chi connectivity index (χ3v) is 4.66. The number of benzene rings is 1. The van der Waals surface area contributed by atoms with Crippen molar-refractivity contribution in [1.29, 1.82) is 0 Å². The van der Waals surface area contributed by atoms with E-state index in [9.17, 15) is 14.4 Å². The molecule has 0 aliphatic heterocycles. The Kier molecular flexibility index (Phi) is 6.28. The van der Waals surface area contributed by atoms with Gasteiger partial charge in [-0.05, 0) is 24.3 Å². The fraction of sp³-hybridized carbons (Fsp3) is 0.312. The molecule has 0 fully saturated rings. The monoisotopic (exact) mass is 368 g/mol. The summed E-state index contributed by atoms with van der Waals surface area (Å²) in [6.07, 6.45) is 0.228. The van der Waals surface area contributed by atoms with Crippen molar-refractivity contribution in [3.8, 4) is 0 Å². The average Bonchev–Trinajstić information content (AvgIpc) is 2.57. The van der Waals surface area contributed by atoms with E-state index in [4.69, 9.17) is 16.3 Å². The predicted molar refractivity (Wildman–Crippen MR) is 93.5 cm³/mol. The topological polar surface area (TPSA) is 70.3 Å². The molecule has 0 N–H and O–H groups in total. The van der Waals surface area contributed by atoms with Crippen LogP contribution in [-0.2, 0) is 30.2 Å². The summed E-state index contributed by atoms with van der Waals surface area (Å²) in [6.45, 7) is -0.105. The number of nitrogens with zero attached hydrogens (tertiary/aromatic N) is 2.